The van der Waals surface area contributed by atoms with Gasteiger partial charge in [0.2, 0.25) is 0 Å². The minimum absolute atomic E-state index is 0.251. The van der Waals surface area contributed by atoms with Gasteiger partial charge in [-0.2, -0.15) is 0 Å². The molecule has 3 aromatic rings. The number of fused-ring (bicyclic) bond motifs is 1. The summed E-state index contributed by atoms with van der Waals surface area (Å²) in [5.41, 5.74) is 4.42. The fourth-order valence-electron chi connectivity index (χ4n) is 2.33. The Labute approximate surface area is 127 Å². The zero-order valence-corrected chi connectivity index (χ0v) is 12.2. The average Bonchev–Trinajstić information content (AvgIpc) is 2.94. The highest BCUT2D eigenvalue weighted by molar-refractivity contribution is 6.34. The van der Waals surface area contributed by atoms with E-state index < -0.39 is 0 Å². The standard InChI is InChI=1S/C16H15ClN2O2/c1-20-12-7-5-10(6-8-12)15(19-18)14-9-11-3-2-4-13(17)16(11)21-14/h2-9,15,19H,18H2,1H3. The minimum Gasteiger partial charge on any atom is -0.497 e. The predicted octanol–water partition coefficient (Wildman–Crippen LogP) is 3.65. The smallest absolute Gasteiger partial charge is 0.152 e. The molecule has 0 saturated heterocycles. The van der Waals surface area contributed by atoms with Crippen LogP contribution in [0.15, 0.2) is 52.9 Å². The van der Waals surface area contributed by atoms with Crippen molar-refractivity contribution >= 4 is 22.6 Å². The molecule has 2 aromatic carbocycles. The van der Waals surface area contributed by atoms with E-state index in [0.29, 0.717) is 16.4 Å². The molecular weight excluding hydrogens is 288 g/mol. The van der Waals surface area contributed by atoms with Crippen molar-refractivity contribution in [2.24, 2.45) is 5.84 Å². The van der Waals surface area contributed by atoms with Gasteiger partial charge in [0.25, 0.3) is 0 Å². The van der Waals surface area contributed by atoms with Gasteiger partial charge in [0.15, 0.2) is 5.58 Å². The van der Waals surface area contributed by atoms with Crippen molar-refractivity contribution in [3.05, 3.63) is 64.9 Å². The highest BCUT2D eigenvalue weighted by Crippen LogP contribution is 2.32. The van der Waals surface area contributed by atoms with Gasteiger partial charge in [-0.15, -0.1) is 0 Å². The quantitative estimate of drug-likeness (QED) is 0.570. The Morgan fingerprint density at radius 2 is 1.95 bits per heavy atom. The van der Waals surface area contributed by atoms with Crippen molar-refractivity contribution in [2.75, 3.05) is 7.11 Å². The number of nitrogens with one attached hydrogen (secondary N) is 1. The van der Waals surface area contributed by atoms with Gasteiger partial charge in [0.1, 0.15) is 17.6 Å². The van der Waals surface area contributed by atoms with Crippen LogP contribution in [0.5, 0.6) is 5.75 Å². The Hall–Kier alpha value is -2.01. The maximum Gasteiger partial charge on any atom is 0.152 e. The third-order valence-electron chi connectivity index (χ3n) is 3.42. The van der Waals surface area contributed by atoms with Crippen molar-refractivity contribution in [2.45, 2.75) is 6.04 Å². The Balaban J connectivity index is 2.02. The summed E-state index contributed by atoms with van der Waals surface area (Å²) in [5, 5.41) is 1.54. The SMILES string of the molecule is COc1ccc(C(NN)c2cc3cccc(Cl)c3o2)cc1. The number of benzene rings is 2. The molecule has 0 saturated carbocycles. The number of halogens is 1. The van der Waals surface area contributed by atoms with E-state index in [4.69, 9.17) is 26.6 Å². The third kappa shape index (κ3) is 2.61. The molecule has 1 atom stereocenters. The fraction of sp³-hybridized carbons (Fsp3) is 0.125. The van der Waals surface area contributed by atoms with E-state index >= 15 is 0 Å². The van der Waals surface area contributed by atoms with Crippen LogP contribution in [0, 0.1) is 0 Å². The largest absolute Gasteiger partial charge is 0.497 e. The monoisotopic (exact) mass is 302 g/mol. The fourth-order valence-corrected chi connectivity index (χ4v) is 2.55. The summed E-state index contributed by atoms with van der Waals surface area (Å²) in [6, 6.07) is 15.0. The molecule has 1 aromatic heterocycles. The maximum absolute atomic E-state index is 6.14. The van der Waals surface area contributed by atoms with E-state index in [0.717, 1.165) is 16.7 Å². The molecule has 5 heteroatoms. The summed E-state index contributed by atoms with van der Waals surface area (Å²) < 4.78 is 11.0. The first-order valence-electron chi connectivity index (χ1n) is 6.51. The summed E-state index contributed by atoms with van der Waals surface area (Å²) >= 11 is 6.14. The van der Waals surface area contributed by atoms with E-state index in [1.807, 2.05) is 42.5 Å². The second-order valence-corrected chi connectivity index (χ2v) is 5.09. The van der Waals surface area contributed by atoms with Gasteiger partial charge in [0, 0.05) is 5.39 Å². The van der Waals surface area contributed by atoms with Gasteiger partial charge in [0.05, 0.1) is 12.1 Å². The van der Waals surface area contributed by atoms with Crippen LogP contribution in [0.25, 0.3) is 11.0 Å². The number of hydrogen-bond acceptors (Lipinski definition) is 4. The summed E-state index contributed by atoms with van der Waals surface area (Å²) in [4.78, 5) is 0. The van der Waals surface area contributed by atoms with Crippen molar-refractivity contribution < 1.29 is 9.15 Å². The van der Waals surface area contributed by atoms with Gasteiger partial charge < -0.3 is 9.15 Å². The van der Waals surface area contributed by atoms with E-state index in [-0.39, 0.29) is 6.04 Å². The molecule has 0 aliphatic rings. The Morgan fingerprint density at radius 3 is 2.57 bits per heavy atom. The van der Waals surface area contributed by atoms with Crippen molar-refractivity contribution in [1.82, 2.24) is 5.43 Å². The summed E-state index contributed by atoms with van der Waals surface area (Å²) in [6.07, 6.45) is 0. The van der Waals surface area contributed by atoms with Crippen LogP contribution in [-0.4, -0.2) is 7.11 Å². The molecule has 4 nitrogen and oxygen atoms in total. The first kappa shape index (κ1) is 13.9. The molecule has 0 aliphatic heterocycles. The van der Waals surface area contributed by atoms with E-state index in [2.05, 4.69) is 5.43 Å². The van der Waals surface area contributed by atoms with Crippen molar-refractivity contribution in [3.63, 3.8) is 0 Å². The zero-order valence-electron chi connectivity index (χ0n) is 11.5. The number of methoxy groups -OCH3 is 1. The minimum atomic E-state index is -0.251. The van der Waals surface area contributed by atoms with Crippen LogP contribution in [0.2, 0.25) is 5.02 Å². The highest BCUT2D eigenvalue weighted by Gasteiger charge is 2.18. The second kappa shape index (κ2) is 5.77. The molecule has 0 spiro atoms. The van der Waals surface area contributed by atoms with Crippen LogP contribution in [0.1, 0.15) is 17.4 Å². The normalized spacial score (nSPS) is 12.5. The number of rotatable bonds is 4. The Bertz CT molecular complexity index is 753. The highest BCUT2D eigenvalue weighted by atomic mass is 35.5. The first-order valence-corrected chi connectivity index (χ1v) is 6.89. The molecule has 0 amide bonds. The van der Waals surface area contributed by atoms with Gasteiger partial charge in [-0.05, 0) is 29.8 Å². The maximum atomic E-state index is 6.14. The molecule has 0 aliphatic carbocycles. The molecule has 21 heavy (non-hydrogen) atoms. The summed E-state index contributed by atoms with van der Waals surface area (Å²) in [6.45, 7) is 0. The van der Waals surface area contributed by atoms with E-state index in [1.165, 1.54) is 0 Å². The number of furan rings is 1. The Kier molecular flexibility index (Phi) is 3.84. The number of hydrazine groups is 1. The van der Waals surface area contributed by atoms with Crippen molar-refractivity contribution in [3.8, 4) is 5.75 Å². The van der Waals surface area contributed by atoms with Gasteiger partial charge >= 0.3 is 0 Å². The second-order valence-electron chi connectivity index (χ2n) is 4.68. The molecule has 0 radical (unpaired) electrons. The topological polar surface area (TPSA) is 60.4 Å². The zero-order chi connectivity index (χ0) is 14.8. The third-order valence-corrected chi connectivity index (χ3v) is 3.71. The Morgan fingerprint density at radius 1 is 1.19 bits per heavy atom. The lowest BCUT2D eigenvalue weighted by molar-refractivity contribution is 0.414. The molecule has 0 bridgehead atoms. The summed E-state index contributed by atoms with van der Waals surface area (Å²) in [5.74, 6) is 7.20. The van der Waals surface area contributed by atoms with Crippen LogP contribution in [0.3, 0.4) is 0 Å². The predicted molar refractivity (Wildman–Crippen MR) is 83.4 cm³/mol. The van der Waals surface area contributed by atoms with Crippen LogP contribution >= 0.6 is 11.6 Å². The lowest BCUT2D eigenvalue weighted by atomic mass is 10.0. The molecule has 1 unspecified atom stereocenters. The van der Waals surface area contributed by atoms with Crippen molar-refractivity contribution in [1.29, 1.82) is 0 Å². The van der Waals surface area contributed by atoms with Crippen LogP contribution in [-0.2, 0) is 0 Å². The lowest BCUT2D eigenvalue weighted by Gasteiger charge is -2.14. The molecule has 3 rings (SSSR count). The first-order chi connectivity index (χ1) is 10.2. The molecular formula is C16H15ClN2O2. The van der Waals surface area contributed by atoms with E-state index in [1.54, 1.807) is 13.2 Å². The molecule has 3 N–H and O–H groups in total. The molecule has 0 fully saturated rings. The van der Waals surface area contributed by atoms with Gasteiger partial charge in [-0.25, -0.2) is 5.43 Å². The number of hydrogen-bond donors (Lipinski definition) is 2. The van der Waals surface area contributed by atoms with Gasteiger partial charge in [-0.1, -0.05) is 35.9 Å². The van der Waals surface area contributed by atoms with Crippen LogP contribution < -0.4 is 16.0 Å². The van der Waals surface area contributed by atoms with Gasteiger partial charge in [-0.3, -0.25) is 5.84 Å². The molecule has 1 heterocycles. The number of para-hydroxylation sites is 1. The summed E-state index contributed by atoms with van der Waals surface area (Å²) in [7, 11) is 1.63. The lowest BCUT2D eigenvalue weighted by Crippen LogP contribution is -2.28. The van der Waals surface area contributed by atoms with Crippen LogP contribution in [0.4, 0.5) is 0 Å². The number of nitrogens with two attached hydrogens (primary N) is 1. The molecule has 108 valence electrons. The average molecular weight is 303 g/mol. The van der Waals surface area contributed by atoms with E-state index in [9.17, 15) is 0 Å². The number of ether oxygens (including phenoxy) is 1.